The minimum atomic E-state index is -1.33. The van der Waals surface area contributed by atoms with Crippen LogP contribution in [-0.4, -0.2) is 80.4 Å². The molecule has 1 fully saturated rings. The van der Waals surface area contributed by atoms with E-state index in [2.05, 4.69) is 25.7 Å². The molecule has 35 heavy (non-hydrogen) atoms. The minimum Gasteiger partial charge on any atom is -0.449 e. The summed E-state index contributed by atoms with van der Waals surface area (Å²) in [7, 11) is -1.33. The van der Waals surface area contributed by atoms with Gasteiger partial charge >= 0.3 is 12.2 Å². The number of amides is 2. The van der Waals surface area contributed by atoms with Gasteiger partial charge < -0.3 is 24.6 Å². The van der Waals surface area contributed by atoms with Crippen LogP contribution in [0.4, 0.5) is 15.3 Å². The van der Waals surface area contributed by atoms with Gasteiger partial charge in [-0.25, -0.2) is 9.59 Å². The van der Waals surface area contributed by atoms with Crippen molar-refractivity contribution in [2.45, 2.75) is 70.3 Å². The fourth-order valence-electron chi connectivity index (χ4n) is 4.75. The highest BCUT2D eigenvalue weighted by Crippen LogP contribution is 2.47. The summed E-state index contributed by atoms with van der Waals surface area (Å²) in [6.07, 6.45) is 0.551. The summed E-state index contributed by atoms with van der Waals surface area (Å²) in [6.45, 7) is 14.0. The second kappa shape index (κ2) is 10.5. The Labute approximate surface area is 210 Å². The molecular weight excluding hydrogens is 464 g/mol. The number of nitrogens with zero attached hydrogens (tertiary/aromatic N) is 2. The summed E-state index contributed by atoms with van der Waals surface area (Å²) in [4.78, 5) is 29.4. The van der Waals surface area contributed by atoms with Crippen LogP contribution in [0.2, 0.25) is 25.7 Å². The Kier molecular flexibility index (Phi) is 8.23. The molecule has 2 aliphatic rings. The summed E-state index contributed by atoms with van der Waals surface area (Å²) < 4.78 is 11.3. The van der Waals surface area contributed by atoms with Gasteiger partial charge in [0, 0.05) is 52.3 Å². The molecular formula is C26H42N2O6Si. The molecule has 1 spiro atoms. The van der Waals surface area contributed by atoms with Gasteiger partial charge in [0.25, 0.3) is 0 Å². The predicted octanol–water partition coefficient (Wildman–Crippen LogP) is 4.00. The zero-order valence-corrected chi connectivity index (χ0v) is 23.1. The Morgan fingerprint density at radius 3 is 2.40 bits per heavy atom. The van der Waals surface area contributed by atoms with E-state index in [1.165, 1.54) is 0 Å². The predicted molar refractivity (Wildman–Crippen MR) is 139 cm³/mol. The van der Waals surface area contributed by atoms with Gasteiger partial charge in [0.15, 0.2) is 0 Å². The van der Waals surface area contributed by atoms with Crippen LogP contribution in [0.1, 0.15) is 38.3 Å². The van der Waals surface area contributed by atoms with Gasteiger partial charge in [0.05, 0.1) is 12.3 Å². The molecule has 1 unspecified atom stereocenters. The van der Waals surface area contributed by atoms with Crippen molar-refractivity contribution in [1.29, 1.82) is 0 Å². The molecule has 0 aromatic heterocycles. The van der Waals surface area contributed by atoms with Crippen LogP contribution < -0.4 is 4.90 Å². The summed E-state index contributed by atoms with van der Waals surface area (Å²) in [5.41, 5.74) is 1.82. The fourth-order valence-corrected chi connectivity index (χ4v) is 5.47. The van der Waals surface area contributed by atoms with Gasteiger partial charge in [-0.3, -0.25) is 4.90 Å². The van der Waals surface area contributed by atoms with Crippen LogP contribution in [0.5, 0.6) is 0 Å². The zero-order valence-electron chi connectivity index (χ0n) is 22.1. The fraction of sp³-hybridized carbons (Fsp3) is 0.692. The molecule has 0 aliphatic carbocycles. The average molecular weight is 507 g/mol. The molecule has 2 heterocycles. The number of aliphatic hydroxyl groups is 2. The van der Waals surface area contributed by atoms with Crippen molar-refractivity contribution in [3.8, 4) is 0 Å². The summed E-state index contributed by atoms with van der Waals surface area (Å²) in [5.74, 6) is -0.241. The number of aliphatic hydroxyl groups excluding tert-OH is 2. The molecule has 1 aromatic carbocycles. The van der Waals surface area contributed by atoms with E-state index in [1.807, 2.05) is 32.9 Å². The molecule has 1 aromatic rings. The van der Waals surface area contributed by atoms with E-state index < -0.39 is 19.1 Å². The maximum atomic E-state index is 13.1. The van der Waals surface area contributed by atoms with Crippen LogP contribution in [0.15, 0.2) is 18.2 Å². The van der Waals surface area contributed by atoms with E-state index in [1.54, 1.807) is 9.80 Å². The molecule has 2 aliphatic heterocycles. The highest BCUT2D eigenvalue weighted by atomic mass is 28.3. The summed E-state index contributed by atoms with van der Waals surface area (Å²) in [5, 5.41) is 19.1. The number of anilines is 1. The largest absolute Gasteiger partial charge is 0.449 e. The molecule has 1 atom stereocenters. The van der Waals surface area contributed by atoms with E-state index in [-0.39, 0.29) is 31.3 Å². The normalized spacial score (nSPS) is 20.0. The van der Waals surface area contributed by atoms with Gasteiger partial charge in [0.2, 0.25) is 0 Å². The Morgan fingerprint density at radius 2 is 1.80 bits per heavy atom. The van der Waals surface area contributed by atoms with Crippen LogP contribution in [0.3, 0.4) is 0 Å². The highest BCUT2D eigenvalue weighted by molar-refractivity contribution is 6.76. The lowest BCUT2D eigenvalue weighted by Crippen LogP contribution is -2.41. The first-order valence-corrected chi connectivity index (χ1v) is 16.2. The van der Waals surface area contributed by atoms with Crippen LogP contribution >= 0.6 is 0 Å². The number of rotatable bonds is 7. The lowest BCUT2D eigenvalue weighted by atomic mass is 9.80. The monoisotopic (exact) mass is 506 g/mol. The number of carbonyl (C=O) groups excluding carboxylic acids is 2. The second-order valence-corrected chi connectivity index (χ2v) is 17.9. The second-order valence-electron chi connectivity index (χ2n) is 12.2. The lowest BCUT2D eigenvalue weighted by molar-refractivity contribution is 0.0285. The Balaban J connectivity index is 1.87. The Hall–Kier alpha value is -2.10. The quantitative estimate of drug-likeness (QED) is 0.542. The third-order valence-electron chi connectivity index (χ3n) is 6.73. The van der Waals surface area contributed by atoms with E-state index >= 15 is 0 Å². The third kappa shape index (κ3) is 6.77. The maximum Gasteiger partial charge on any atom is 0.414 e. The van der Waals surface area contributed by atoms with Crippen molar-refractivity contribution < 1.29 is 29.3 Å². The number of fused-ring (bicyclic) bond motifs is 2. The number of ether oxygens (including phenoxy) is 2. The van der Waals surface area contributed by atoms with E-state index in [9.17, 15) is 19.8 Å². The van der Waals surface area contributed by atoms with Crippen molar-refractivity contribution in [2.24, 2.45) is 5.92 Å². The zero-order chi connectivity index (χ0) is 26.0. The average Bonchev–Trinajstić information content (AvgIpc) is 3.32. The van der Waals surface area contributed by atoms with Crippen molar-refractivity contribution in [1.82, 2.24) is 4.90 Å². The Morgan fingerprint density at radius 1 is 1.11 bits per heavy atom. The first-order valence-electron chi connectivity index (χ1n) is 12.5. The van der Waals surface area contributed by atoms with Crippen molar-refractivity contribution in [3.63, 3.8) is 0 Å². The number of hydrogen-bond donors (Lipinski definition) is 2. The molecule has 0 radical (unpaired) electrons. The van der Waals surface area contributed by atoms with Gasteiger partial charge in [-0.15, -0.1) is 0 Å². The molecule has 2 amide bonds. The number of benzene rings is 1. The highest BCUT2D eigenvalue weighted by Gasteiger charge is 2.51. The maximum absolute atomic E-state index is 13.1. The van der Waals surface area contributed by atoms with E-state index in [0.717, 1.165) is 22.9 Å². The van der Waals surface area contributed by atoms with Gasteiger partial charge in [-0.05, 0) is 56.9 Å². The summed E-state index contributed by atoms with van der Waals surface area (Å²) >= 11 is 0. The number of likely N-dealkylation sites (tertiary alicyclic amines) is 1. The molecule has 1 saturated heterocycles. The van der Waals surface area contributed by atoms with Gasteiger partial charge in [-0.2, -0.15) is 0 Å². The van der Waals surface area contributed by atoms with Gasteiger partial charge in [-0.1, -0.05) is 31.8 Å². The smallest absolute Gasteiger partial charge is 0.414 e. The molecule has 0 saturated carbocycles. The van der Waals surface area contributed by atoms with Crippen LogP contribution in [0.25, 0.3) is 0 Å². The minimum absolute atomic E-state index is 0.0965. The number of hydrogen-bond acceptors (Lipinski definition) is 6. The molecule has 0 bridgehead atoms. The third-order valence-corrected chi connectivity index (χ3v) is 8.43. The van der Waals surface area contributed by atoms with E-state index in [4.69, 9.17) is 9.47 Å². The first-order chi connectivity index (χ1) is 16.3. The summed E-state index contributed by atoms with van der Waals surface area (Å²) in [6, 6.07) is 6.85. The molecule has 196 valence electrons. The van der Waals surface area contributed by atoms with Gasteiger partial charge in [0.1, 0.15) is 5.60 Å². The SMILES string of the molecule is CC(C)(C)OC(=O)N1CCC2(C1)CN(C(=O)OCC[Si](C)(C)C)c1ccc(CC(CO)CO)cc12. The molecule has 2 N–H and O–H groups in total. The topological polar surface area (TPSA) is 99.5 Å². The van der Waals surface area contributed by atoms with Crippen molar-refractivity contribution >= 4 is 25.9 Å². The van der Waals surface area contributed by atoms with E-state index in [0.29, 0.717) is 39.1 Å². The standard InChI is InChI=1S/C26H42N2O6Si/c1-25(2,3)34-23(31)27-10-9-26(17-27)18-28(24(32)33-11-12-35(4,5)6)22-8-7-19(14-21(22)26)13-20(15-29)16-30/h7-8,14,20,29-30H,9-13,15-18H2,1-6H3. The lowest BCUT2D eigenvalue weighted by Gasteiger charge is -2.27. The molecule has 3 rings (SSSR count). The molecule has 8 nitrogen and oxygen atoms in total. The number of carbonyl (C=O) groups is 2. The van der Waals surface area contributed by atoms with Crippen molar-refractivity contribution in [3.05, 3.63) is 29.3 Å². The first kappa shape index (κ1) is 27.5. The molecule has 9 heteroatoms. The Bertz CT molecular complexity index is 921. The van der Waals surface area contributed by atoms with Crippen LogP contribution in [-0.2, 0) is 21.3 Å². The van der Waals surface area contributed by atoms with Crippen molar-refractivity contribution in [2.75, 3.05) is 44.4 Å². The van der Waals surface area contributed by atoms with Crippen LogP contribution in [0, 0.1) is 5.92 Å².